The normalized spacial score (nSPS) is 12.2. The molecule has 0 aliphatic rings. The molecule has 0 aromatic heterocycles. The van der Waals surface area contributed by atoms with Crippen LogP contribution in [0.2, 0.25) is 0 Å². The van der Waals surface area contributed by atoms with Crippen molar-refractivity contribution in [2.24, 2.45) is 11.5 Å². The molecule has 3 aromatic rings. The lowest BCUT2D eigenvalue weighted by Crippen LogP contribution is -2.42. The number of carbonyl (C=O) groups is 1. The molecule has 0 saturated heterocycles. The van der Waals surface area contributed by atoms with Crippen molar-refractivity contribution in [3.63, 3.8) is 0 Å². The molecular weight excluding hydrogens is 498 g/mol. The highest BCUT2D eigenvalue weighted by atomic mass is 32.2. The standard InChI is InChI=1S/C30H39N3O4S/c1-35-27-14-12-26(13-15-27)30(24-8-4-2-5-9-24,25-10-6-3-7-11-25)38-23-16-28(32)29(34)33-18-20-37-22-21-36-19-17-31/h2-15,28H,16-23,31-32H2,1H3,(H,33,34). The maximum absolute atomic E-state index is 12.6. The molecule has 0 aliphatic carbocycles. The molecule has 0 aliphatic heterocycles. The lowest BCUT2D eigenvalue weighted by molar-refractivity contribution is -0.122. The van der Waals surface area contributed by atoms with Crippen LogP contribution in [0.15, 0.2) is 84.9 Å². The van der Waals surface area contributed by atoms with Crippen molar-refractivity contribution in [3.05, 3.63) is 102 Å². The zero-order chi connectivity index (χ0) is 27.1. The second-order valence-corrected chi connectivity index (χ2v) is 10.00. The van der Waals surface area contributed by atoms with Gasteiger partial charge in [0.15, 0.2) is 0 Å². The van der Waals surface area contributed by atoms with Gasteiger partial charge in [-0.15, -0.1) is 11.8 Å². The minimum atomic E-state index is -0.615. The third-order valence-corrected chi connectivity index (χ3v) is 7.70. The summed E-state index contributed by atoms with van der Waals surface area (Å²) in [7, 11) is 1.67. The zero-order valence-corrected chi connectivity index (χ0v) is 22.8. The molecule has 7 nitrogen and oxygen atoms in total. The smallest absolute Gasteiger partial charge is 0.237 e. The highest BCUT2D eigenvalue weighted by molar-refractivity contribution is 8.00. The summed E-state index contributed by atoms with van der Waals surface area (Å²) in [6.07, 6.45) is 0.530. The number of hydrogen-bond acceptors (Lipinski definition) is 7. The lowest BCUT2D eigenvalue weighted by Gasteiger charge is -2.36. The van der Waals surface area contributed by atoms with Crippen LogP contribution >= 0.6 is 11.8 Å². The van der Waals surface area contributed by atoms with E-state index in [-0.39, 0.29) is 5.91 Å². The summed E-state index contributed by atoms with van der Waals surface area (Å²) in [6.45, 7) is 2.76. The molecular formula is C30H39N3O4S. The van der Waals surface area contributed by atoms with E-state index in [1.807, 2.05) is 24.3 Å². The minimum absolute atomic E-state index is 0.178. The molecule has 1 atom stereocenters. The Hall–Kier alpha value is -2.88. The molecule has 204 valence electrons. The van der Waals surface area contributed by atoms with E-state index in [0.717, 1.165) is 22.4 Å². The molecule has 3 rings (SSSR count). The number of methoxy groups -OCH3 is 1. The summed E-state index contributed by atoms with van der Waals surface area (Å²) in [6, 6.07) is 28.5. The number of thioether (sulfide) groups is 1. The van der Waals surface area contributed by atoms with Crippen LogP contribution in [0, 0.1) is 0 Å². The van der Waals surface area contributed by atoms with Gasteiger partial charge in [-0.1, -0.05) is 72.8 Å². The third-order valence-electron chi connectivity index (χ3n) is 6.12. The van der Waals surface area contributed by atoms with Crippen LogP contribution in [0.25, 0.3) is 0 Å². The summed E-state index contributed by atoms with van der Waals surface area (Å²) < 4.78 is 15.7. The average Bonchev–Trinajstić information content (AvgIpc) is 2.97. The van der Waals surface area contributed by atoms with E-state index >= 15 is 0 Å². The van der Waals surface area contributed by atoms with Gasteiger partial charge in [-0.3, -0.25) is 4.79 Å². The first kappa shape index (κ1) is 29.7. The van der Waals surface area contributed by atoms with Crippen molar-refractivity contribution in [1.29, 1.82) is 0 Å². The van der Waals surface area contributed by atoms with Crippen LogP contribution in [0.1, 0.15) is 23.1 Å². The van der Waals surface area contributed by atoms with Gasteiger partial charge in [0, 0.05) is 13.1 Å². The largest absolute Gasteiger partial charge is 0.497 e. The first-order chi connectivity index (χ1) is 18.6. The molecule has 0 fully saturated rings. The predicted octanol–water partition coefficient (Wildman–Crippen LogP) is 3.55. The topological polar surface area (TPSA) is 109 Å². The molecule has 3 aromatic carbocycles. The van der Waals surface area contributed by atoms with Crippen molar-refractivity contribution >= 4 is 17.7 Å². The van der Waals surface area contributed by atoms with Gasteiger partial charge in [-0.25, -0.2) is 0 Å². The minimum Gasteiger partial charge on any atom is -0.497 e. The highest BCUT2D eigenvalue weighted by Crippen LogP contribution is 2.49. The molecule has 1 unspecified atom stereocenters. The molecule has 0 heterocycles. The molecule has 0 radical (unpaired) electrons. The van der Waals surface area contributed by atoms with E-state index in [1.54, 1.807) is 18.9 Å². The molecule has 8 heteroatoms. The number of rotatable bonds is 17. The Labute approximate surface area is 230 Å². The van der Waals surface area contributed by atoms with E-state index < -0.39 is 10.8 Å². The van der Waals surface area contributed by atoms with E-state index in [9.17, 15) is 4.79 Å². The van der Waals surface area contributed by atoms with Gasteiger partial charge in [-0.05, 0) is 41.0 Å². The van der Waals surface area contributed by atoms with Gasteiger partial charge in [0.2, 0.25) is 5.91 Å². The quantitative estimate of drug-likeness (QED) is 0.179. The summed E-state index contributed by atoms with van der Waals surface area (Å²) in [4.78, 5) is 12.6. The van der Waals surface area contributed by atoms with Crippen molar-refractivity contribution in [3.8, 4) is 5.75 Å². The highest BCUT2D eigenvalue weighted by Gasteiger charge is 2.37. The number of ether oxygens (including phenoxy) is 3. The average molecular weight is 538 g/mol. The molecule has 38 heavy (non-hydrogen) atoms. The van der Waals surface area contributed by atoms with E-state index in [4.69, 9.17) is 25.7 Å². The van der Waals surface area contributed by atoms with E-state index in [2.05, 4.69) is 66.0 Å². The monoisotopic (exact) mass is 537 g/mol. The first-order valence-corrected chi connectivity index (χ1v) is 13.9. The number of nitrogens with two attached hydrogens (primary N) is 2. The number of nitrogens with one attached hydrogen (secondary N) is 1. The van der Waals surface area contributed by atoms with Crippen LogP contribution in [-0.4, -0.2) is 64.3 Å². The summed E-state index contributed by atoms with van der Waals surface area (Å²) in [5, 5.41) is 2.87. The second kappa shape index (κ2) is 16.2. The van der Waals surface area contributed by atoms with Gasteiger partial charge >= 0.3 is 0 Å². The van der Waals surface area contributed by atoms with Crippen molar-refractivity contribution in [2.75, 3.05) is 52.4 Å². The first-order valence-electron chi connectivity index (χ1n) is 12.9. The van der Waals surface area contributed by atoms with Gasteiger partial charge in [0.1, 0.15) is 5.75 Å². The van der Waals surface area contributed by atoms with Gasteiger partial charge in [0.25, 0.3) is 0 Å². The van der Waals surface area contributed by atoms with Gasteiger partial charge < -0.3 is 31.0 Å². The maximum atomic E-state index is 12.6. The zero-order valence-electron chi connectivity index (χ0n) is 22.0. The molecule has 1 amide bonds. The fourth-order valence-corrected chi connectivity index (χ4v) is 5.76. The van der Waals surface area contributed by atoms with E-state index in [0.29, 0.717) is 51.7 Å². The van der Waals surface area contributed by atoms with Gasteiger partial charge in [-0.2, -0.15) is 0 Å². The Bertz CT molecular complexity index is 1030. The van der Waals surface area contributed by atoms with Crippen molar-refractivity contribution in [1.82, 2.24) is 5.32 Å². The van der Waals surface area contributed by atoms with Crippen LogP contribution in [0.3, 0.4) is 0 Å². The Morgan fingerprint density at radius 3 is 1.95 bits per heavy atom. The third kappa shape index (κ3) is 8.31. The fraction of sp³-hybridized carbons (Fsp3) is 0.367. The number of amides is 1. The lowest BCUT2D eigenvalue weighted by atomic mass is 9.84. The fourth-order valence-electron chi connectivity index (χ4n) is 4.17. The predicted molar refractivity (Wildman–Crippen MR) is 155 cm³/mol. The maximum Gasteiger partial charge on any atom is 0.237 e. The molecule has 5 N–H and O–H groups in total. The Kier molecular flexibility index (Phi) is 12.6. The SMILES string of the molecule is COc1ccc(C(SCCC(N)C(=O)NCCOCCOCCN)(c2ccccc2)c2ccccc2)cc1. The number of benzene rings is 3. The van der Waals surface area contributed by atoms with Crippen molar-refractivity contribution < 1.29 is 19.0 Å². The second-order valence-electron chi connectivity index (χ2n) is 8.69. The molecule has 0 bridgehead atoms. The van der Waals surface area contributed by atoms with Crippen LogP contribution in [0.4, 0.5) is 0 Å². The number of carbonyl (C=O) groups excluding carboxylic acids is 1. The molecule has 0 spiro atoms. The number of hydrogen-bond donors (Lipinski definition) is 3. The van der Waals surface area contributed by atoms with Crippen LogP contribution < -0.4 is 21.5 Å². The van der Waals surface area contributed by atoms with E-state index in [1.165, 1.54) is 0 Å². The van der Waals surface area contributed by atoms with Crippen LogP contribution in [0.5, 0.6) is 5.75 Å². The summed E-state index contributed by atoms with van der Waals surface area (Å²) in [5.41, 5.74) is 15.1. The van der Waals surface area contributed by atoms with Crippen LogP contribution in [-0.2, 0) is 19.0 Å². The van der Waals surface area contributed by atoms with Crippen molar-refractivity contribution in [2.45, 2.75) is 17.2 Å². The summed E-state index contributed by atoms with van der Waals surface area (Å²) >= 11 is 1.78. The Morgan fingerprint density at radius 1 is 0.842 bits per heavy atom. The Balaban J connectivity index is 1.68. The molecule has 0 saturated carbocycles. The van der Waals surface area contributed by atoms with Gasteiger partial charge in [0.05, 0.1) is 44.3 Å². The summed E-state index contributed by atoms with van der Waals surface area (Å²) in [5.74, 6) is 1.31. The Morgan fingerprint density at radius 2 is 1.39 bits per heavy atom.